The molecule has 0 atom stereocenters. The number of carbonyl (C=O) groups excluding carboxylic acids is 1. The van der Waals surface area contributed by atoms with E-state index in [0.717, 1.165) is 29.0 Å². The molecule has 1 heterocycles. The lowest BCUT2D eigenvalue weighted by molar-refractivity contribution is -0.190. The lowest BCUT2D eigenvalue weighted by Crippen LogP contribution is -2.47. The van der Waals surface area contributed by atoms with Crippen LogP contribution in [0.2, 0.25) is 10.0 Å². The lowest BCUT2D eigenvalue weighted by atomic mass is 9.98. The van der Waals surface area contributed by atoms with Gasteiger partial charge in [0.05, 0.1) is 42.1 Å². The molecule has 8 heteroatoms. The quantitative estimate of drug-likeness (QED) is 0.496. The van der Waals surface area contributed by atoms with E-state index in [2.05, 4.69) is 17.0 Å². The highest BCUT2D eigenvalue weighted by Gasteiger charge is 2.24. The number of aliphatic imine (C=N–C) groups is 1. The monoisotopic (exact) mass is 476 g/mol. The molecule has 3 rings (SSSR count). The van der Waals surface area contributed by atoms with E-state index in [4.69, 9.17) is 37.4 Å². The molecule has 170 valence electrons. The first-order chi connectivity index (χ1) is 15.4. The normalized spacial score (nSPS) is 18.8. The van der Waals surface area contributed by atoms with E-state index >= 15 is 0 Å². The molecule has 0 spiro atoms. The number of amides is 1. The molecule has 0 unspecified atom stereocenters. The first kappa shape index (κ1) is 24.3. The molecule has 2 aromatic rings. The summed E-state index contributed by atoms with van der Waals surface area (Å²) in [6.07, 6.45) is 3.10. The fraction of sp³-hybridized carbons (Fsp3) is 0.333. The molecule has 1 aliphatic heterocycles. The van der Waals surface area contributed by atoms with Crippen molar-refractivity contribution in [2.45, 2.75) is 32.1 Å². The van der Waals surface area contributed by atoms with Crippen LogP contribution in [0.15, 0.2) is 47.5 Å². The molecule has 0 bridgehead atoms. The summed E-state index contributed by atoms with van der Waals surface area (Å²) in [5, 5.41) is 3.63. The lowest BCUT2D eigenvalue weighted by Gasteiger charge is -2.30. The van der Waals surface area contributed by atoms with Crippen molar-refractivity contribution < 1.29 is 19.0 Å². The number of halogens is 2. The third kappa shape index (κ3) is 6.11. The van der Waals surface area contributed by atoms with Gasteiger partial charge in [-0.25, -0.2) is 0 Å². The zero-order chi connectivity index (χ0) is 23.1. The average Bonchev–Trinajstić information content (AvgIpc) is 2.82. The summed E-state index contributed by atoms with van der Waals surface area (Å²) in [6.45, 7) is 6.37. The summed E-state index contributed by atoms with van der Waals surface area (Å²) in [5.41, 5.74) is 3.32. The highest BCUT2D eigenvalue weighted by Crippen LogP contribution is 2.33. The highest BCUT2D eigenvalue weighted by atomic mass is 35.5. The van der Waals surface area contributed by atoms with E-state index < -0.39 is 0 Å². The van der Waals surface area contributed by atoms with Crippen LogP contribution in [0.25, 0.3) is 5.57 Å². The molecule has 1 saturated heterocycles. The highest BCUT2D eigenvalue weighted by molar-refractivity contribution is 6.42. The van der Waals surface area contributed by atoms with Crippen molar-refractivity contribution in [3.63, 3.8) is 0 Å². The Hall–Kier alpha value is -2.38. The fourth-order valence-corrected chi connectivity index (χ4v) is 3.74. The summed E-state index contributed by atoms with van der Waals surface area (Å²) in [5.74, 6) is 0.510. The van der Waals surface area contributed by atoms with Gasteiger partial charge in [-0.05, 0) is 62.0 Å². The molecule has 32 heavy (non-hydrogen) atoms. The third-order valence-corrected chi connectivity index (χ3v) is 5.94. The Morgan fingerprint density at radius 2 is 1.97 bits per heavy atom. The molecular weight excluding hydrogens is 451 g/mol. The van der Waals surface area contributed by atoms with Crippen LogP contribution in [-0.2, 0) is 9.47 Å². The minimum Gasteiger partial charge on any atom is -0.497 e. The Morgan fingerprint density at radius 3 is 2.59 bits per heavy atom. The van der Waals surface area contributed by atoms with E-state index in [1.807, 2.05) is 31.2 Å². The zero-order valence-electron chi connectivity index (χ0n) is 18.1. The van der Waals surface area contributed by atoms with Crippen molar-refractivity contribution >= 4 is 47.1 Å². The number of ether oxygens (including phenoxy) is 3. The maximum Gasteiger partial charge on any atom is 0.251 e. The number of methoxy groups -OCH3 is 1. The molecule has 0 aliphatic carbocycles. The second-order valence-corrected chi connectivity index (χ2v) is 8.10. The number of hydrogen-bond acceptors (Lipinski definition) is 5. The Bertz CT molecular complexity index is 1000. The van der Waals surface area contributed by atoms with Gasteiger partial charge in [0.1, 0.15) is 5.75 Å². The van der Waals surface area contributed by atoms with Crippen LogP contribution in [0.3, 0.4) is 0 Å². The Morgan fingerprint density at radius 1 is 1.22 bits per heavy atom. The molecule has 1 fully saturated rings. The molecule has 0 aromatic heterocycles. The molecule has 1 N–H and O–H groups in total. The average molecular weight is 477 g/mol. The minimum atomic E-state index is -0.353. The topological polar surface area (TPSA) is 69.2 Å². The second-order valence-electron chi connectivity index (χ2n) is 7.29. The van der Waals surface area contributed by atoms with E-state index in [1.54, 1.807) is 19.2 Å². The van der Waals surface area contributed by atoms with Crippen molar-refractivity contribution in [2.75, 3.05) is 20.3 Å². The zero-order valence-corrected chi connectivity index (χ0v) is 19.6. The molecule has 1 aliphatic rings. The van der Waals surface area contributed by atoms with E-state index in [-0.39, 0.29) is 18.2 Å². The van der Waals surface area contributed by atoms with E-state index in [1.165, 1.54) is 6.07 Å². The standard InChI is InChI=1S/C24H26Cl2N2O4/c1-4-15(19-12-18(30-3)7-9-22(19)27-2)6-10-23-31-13-17(14-32-23)28-24(29)16-5-8-20(25)21(26)11-16/h4-5,7-9,11-12,17,23H,2,6,10,13-14H2,1,3H3,(H,28,29)/b15-4-/t17-,23-. The molecule has 6 nitrogen and oxygen atoms in total. The van der Waals surface area contributed by atoms with E-state index in [9.17, 15) is 4.79 Å². The fourth-order valence-electron chi connectivity index (χ4n) is 3.44. The number of carbonyl (C=O) groups is 1. The second kappa shape index (κ2) is 11.5. The third-order valence-electron chi connectivity index (χ3n) is 5.20. The number of nitrogens with one attached hydrogen (secondary N) is 1. The van der Waals surface area contributed by atoms with Gasteiger partial charge in [0, 0.05) is 17.5 Å². The number of hydrogen-bond donors (Lipinski definition) is 1. The van der Waals surface area contributed by atoms with Crippen LogP contribution >= 0.6 is 23.2 Å². The summed E-state index contributed by atoms with van der Waals surface area (Å²) in [4.78, 5) is 16.5. The van der Waals surface area contributed by atoms with E-state index in [0.29, 0.717) is 35.2 Å². The van der Waals surface area contributed by atoms with Gasteiger partial charge in [-0.3, -0.25) is 9.79 Å². The summed E-state index contributed by atoms with van der Waals surface area (Å²) >= 11 is 11.9. The van der Waals surface area contributed by atoms with Crippen LogP contribution < -0.4 is 10.1 Å². The summed E-state index contributed by atoms with van der Waals surface area (Å²) < 4.78 is 17.0. The maximum atomic E-state index is 12.4. The Kier molecular flexibility index (Phi) is 8.70. The first-order valence-electron chi connectivity index (χ1n) is 10.2. The molecule has 0 radical (unpaired) electrons. The van der Waals surface area contributed by atoms with Crippen LogP contribution in [0.1, 0.15) is 35.7 Å². The van der Waals surface area contributed by atoms with Gasteiger partial charge in [-0.1, -0.05) is 29.3 Å². The SMILES string of the molecule is C=Nc1ccc(OC)cc1/C(=C\C)CC[C@H]1OC[C@H](NC(=O)c2ccc(Cl)c(Cl)c2)CO1. The van der Waals surface area contributed by atoms with Gasteiger partial charge in [-0.2, -0.15) is 0 Å². The Balaban J connectivity index is 1.52. The van der Waals surface area contributed by atoms with Crippen LogP contribution in [0.4, 0.5) is 5.69 Å². The molecule has 2 aromatic carbocycles. The predicted molar refractivity (Wildman–Crippen MR) is 128 cm³/mol. The van der Waals surface area contributed by atoms with Crippen molar-refractivity contribution in [1.82, 2.24) is 5.32 Å². The maximum absolute atomic E-state index is 12.4. The Labute approximate surface area is 198 Å². The largest absolute Gasteiger partial charge is 0.497 e. The predicted octanol–water partition coefficient (Wildman–Crippen LogP) is 5.69. The van der Waals surface area contributed by atoms with Crippen molar-refractivity contribution in [2.24, 2.45) is 4.99 Å². The number of allylic oxidation sites excluding steroid dienone is 2. The number of nitrogens with zero attached hydrogens (tertiary/aromatic N) is 1. The van der Waals surface area contributed by atoms with Crippen LogP contribution in [-0.4, -0.2) is 45.3 Å². The van der Waals surface area contributed by atoms with Crippen LogP contribution in [0.5, 0.6) is 5.75 Å². The van der Waals surface area contributed by atoms with Crippen molar-refractivity contribution in [3.8, 4) is 5.75 Å². The first-order valence-corrected chi connectivity index (χ1v) is 11.0. The van der Waals surface area contributed by atoms with Gasteiger partial charge in [0.15, 0.2) is 6.29 Å². The minimum absolute atomic E-state index is 0.246. The van der Waals surface area contributed by atoms with Gasteiger partial charge in [0.2, 0.25) is 0 Å². The van der Waals surface area contributed by atoms with Gasteiger partial charge in [0.25, 0.3) is 5.91 Å². The molecule has 1 amide bonds. The smallest absolute Gasteiger partial charge is 0.251 e. The molecule has 0 saturated carbocycles. The van der Waals surface area contributed by atoms with Gasteiger partial charge in [-0.15, -0.1) is 0 Å². The van der Waals surface area contributed by atoms with Crippen molar-refractivity contribution in [3.05, 3.63) is 63.6 Å². The number of rotatable bonds is 8. The van der Waals surface area contributed by atoms with Gasteiger partial charge < -0.3 is 19.5 Å². The summed E-state index contributed by atoms with van der Waals surface area (Å²) in [7, 11) is 1.63. The van der Waals surface area contributed by atoms with Crippen LogP contribution in [0, 0.1) is 0 Å². The van der Waals surface area contributed by atoms with Gasteiger partial charge >= 0.3 is 0 Å². The van der Waals surface area contributed by atoms with Crippen molar-refractivity contribution in [1.29, 1.82) is 0 Å². The summed E-state index contributed by atoms with van der Waals surface area (Å²) in [6, 6.07) is 10.2. The molecular formula is C24H26Cl2N2O4. The number of benzene rings is 2.